The molecule has 2 aromatic rings. The Labute approximate surface area is 136 Å². The third kappa shape index (κ3) is 4.13. The molecule has 0 radical (unpaired) electrons. The number of rotatable bonds is 7. The highest BCUT2D eigenvalue weighted by Gasteiger charge is 2.21. The predicted molar refractivity (Wildman–Crippen MR) is 90.1 cm³/mol. The van der Waals surface area contributed by atoms with Crippen LogP contribution in [0.3, 0.4) is 0 Å². The number of carbonyl (C=O) groups excluding carboxylic acids is 1. The monoisotopic (exact) mass is 317 g/mol. The summed E-state index contributed by atoms with van der Waals surface area (Å²) in [7, 11) is 0. The van der Waals surface area contributed by atoms with Gasteiger partial charge in [-0.1, -0.05) is 20.3 Å². The molecule has 2 aromatic heterocycles. The van der Waals surface area contributed by atoms with Crippen LogP contribution in [0.1, 0.15) is 52.6 Å². The quantitative estimate of drug-likeness (QED) is 0.779. The van der Waals surface area contributed by atoms with E-state index in [-0.39, 0.29) is 5.91 Å². The number of aromatic nitrogens is 2. The van der Waals surface area contributed by atoms with E-state index >= 15 is 0 Å². The summed E-state index contributed by atoms with van der Waals surface area (Å²) < 4.78 is 0. The Morgan fingerprint density at radius 2 is 2.00 bits per heavy atom. The molecule has 118 valence electrons. The zero-order chi connectivity index (χ0) is 15.9. The highest BCUT2D eigenvalue weighted by atomic mass is 32.1. The summed E-state index contributed by atoms with van der Waals surface area (Å²) in [5, 5.41) is 0.958. The van der Waals surface area contributed by atoms with Gasteiger partial charge < -0.3 is 4.90 Å². The van der Waals surface area contributed by atoms with Crippen molar-refractivity contribution in [2.24, 2.45) is 0 Å². The number of aryl methyl sites for hydroxylation is 2. The van der Waals surface area contributed by atoms with Gasteiger partial charge in [0.05, 0.1) is 10.7 Å². The lowest BCUT2D eigenvalue weighted by molar-refractivity contribution is 0.0744. The van der Waals surface area contributed by atoms with Crippen LogP contribution < -0.4 is 0 Å². The van der Waals surface area contributed by atoms with Gasteiger partial charge in [0.1, 0.15) is 4.88 Å². The maximum absolute atomic E-state index is 12.9. The number of pyridine rings is 1. The molecule has 0 unspecified atom stereocenters. The minimum absolute atomic E-state index is 0.104. The fourth-order valence-corrected chi connectivity index (χ4v) is 3.31. The van der Waals surface area contributed by atoms with Crippen molar-refractivity contribution in [1.82, 2.24) is 14.9 Å². The molecule has 22 heavy (non-hydrogen) atoms. The fourth-order valence-electron chi connectivity index (χ4n) is 2.33. The molecule has 5 heteroatoms. The average Bonchev–Trinajstić information content (AvgIpc) is 2.92. The van der Waals surface area contributed by atoms with E-state index in [1.165, 1.54) is 11.3 Å². The molecule has 0 fully saturated rings. The Morgan fingerprint density at radius 1 is 1.27 bits per heavy atom. The van der Waals surface area contributed by atoms with Crippen LogP contribution in [0.4, 0.5) is 0 Å². The predicted octanol–water partition coefficient (Wildman–Crippen LogP) is 3.85. The van der Waals surface area contributed by atoms with Crippen molar-refractivity contribution in [2.45, 2.75) is 46.6 Å². The zero-order valence-corrected chi connectivity index (χ0v) is 14.3. The summed E-state index contributed by atoms with van der Waals surface area (Å²) in [6.07, 6.45) is 6.42. The van der Waals surface area contributed by atoms with E-state index < -0.39 is 0 Å². The molecule has 0 saturated carbocycles. The first-order valence-corrected chi connectivity index (χ1v) is 8.61. The number of hydrogen-bond acceptors (Lipinski definition) is 4. The summed E-state index contributed by atoms with van der Waals surface area (Å²) in [5.74, 6) is 0.104. The summed E-state index contributed by atoms with van der Waals surface area (Å²) in [6, 6.07) is 3.93. The van der Waals surface area contributed by atoms with Crippen molar-refractivity contribution in [1.29, 1.82) is 0 Å². The second-order valence-electron chi connectivity index (χ2n) is 5.30. The van der Waals surface area contributed by atoms with Gasteiger partial charge in [-0.2, -0.15) is 0 Å². The Morgan fingerprint density at radius 3 is 2.64 bits per heavy atom. The molecule has 2 rings (SSSR count). The van der Waals surface area contributed by atoms with Crippen LogP contribution in [-0.4, -0.2) is 27.3 Å². The van der Waals surface area contributed by atoms with Gasteiger partial charge in [0.2, 0.25) is 0 Å². The van der Waals surface area contributed by atoms with Crippen molar-refractivity contribution >= 4 is 17.2 Å². The molecule has 0 aliphatic rings. The molecule has 0 aromatic carbocycles. The van der Waals surface area contributed by atoms with Gasteiger partial charge in [-0.05, 0) is 37.5 Å². The largest absolute Gasteiger partial charge is 0.334 e. The number of hydrogen-bond donors (Lipinski definition) is 0. The molecule has 0 aliphatic heterocycles. The minimum atomic E-state index is 0.104. The average molecular weight is 317 g/mol. The lowest BCUT2D eigenvalue weighted by atomic mass is 10.2. The third-order valence-electron chi connectivity index (χ3n) is 3.52. The third-order valence-corrected chi connectivity index (χ3v) is 4.53. The van der Waals surface area contributed by atoms with Gasteiger partial charge in [-0.3, -0.25) is 9.78 Å². The van der Waals surface area contributed by atoms with Crippen LogP contribution in [0.5, 0.6) is 0 Å². The van der Waals surface area contributed by atoms with E-state index in [1.54, 1.807) is 12.4 Å². The second-order valence-corrected chi connectivity index (χ2v) is 6.50. The van der Waals surface area contributed by atoms with Crippen molar-refractivity contribution in [3.63, 3.8) is 0 Å². The van der Waals surface area contributed by atoms with E-state index in [4.69, 9.17) is 0 Å². The molecule has 0 spiro atoms. The number of nitrogens with zero attached hydrogens (tertiary/aromatic N) is 3. The molecule has 0 atom stereocenters. The first-order valence-electron chi connectivity index (χ1n) is 7.80. The summed E-state index contributed by atoms with van der Waals surface area (Å²) in [5.41, 5.74) is 2.03. The Kier molecular flexibility index (Phi) is 6.07. The smallest absolute Gasteiger partial charge is 0.266 e. The lowest BCUT2D eigenvalue weighted by Gasteiger charge is -2.22. The van der Waals surface area contributed by atoms with Crippen LogP contribution in [0.15, 0.2) is 24.5 Å². The highest BCUT2D eigenvalue weighted by molar-refractivity contribution is 7.13. The Bertz CT molecular complexity index is 610. The van der Waals surface area contributed by atoms with E-state index in [1.807, 2.05) is 30.9 Å². The Balaban J connectivity index is 2.22. The van der Waals surface area contributed by atoms with Gasteiger partial charge >= 0.3 is 0 Å². The van der Waals surface area contributed by atoms with E-state index in [0.717, 1.165) is 46.9 Å². The molecule has 2 heterocycles. The van der Waals surface area contributed by atoms with Crippen LogP contribution in [0.25, 0.3) is 0 Å². The molecule has 0 saturated heterocycles. The lowest BCUT2D eigenvalue weighted by Crippen LogP contribution is -2.31. The summed E-state index contributed by atoms with van der Waals surface area (Å²) in [6.45, 7) is 7.55. The van der Waals surface area contributed by atoms with Crippen LogP contribution in [0.2, 0.25) is 0 Å². The van der Waals surface area contributed by atoms with Gasteiger partial charge in [0.15, 0.2) is 0 Å². The van der Waals surface area contributed by atoms with Crippen LogP contribution in [-0.2, 0) is 13.0 Å². The number of unbranched alkanes of at least 4 members (excludes halogenated alkanes) is 1. The topological polar surface area (TPSA) is 46.1 Å². The SMILES string of the molecule is CCCCN(Cc1ccncc1)C(=O)c1sc(C)nc1CC. The number of carbonyl (C=O) groups is 1. The van der Waals surface area contributed by atoms with E-state index in [2.05, 4.69) is 16.9 Å². The second kappa shape index (κ2) is 8.03. The molecular weight excluding hydrogens is 294 g/mol. The standard InChI is InChI=1S/C17H23N3OS/c1-4-6-11-20(12-14-7-9-18-10-8-14)17(21)16-15(5-2)19-13(3)22-16/h7-10H,4-6,11-12H2,1-3H3. The maximum Gasteiger partial charge on any atom is 0.266 e. The van der Waals surface area contributed by atoms with Crippen LogP contribution >= 0.6 is 11.3 Å². The maximum atomic E-state index is 12.9. The normalized spacial score (nSPS) is 10.7. The fraction of sp³-hybridized carbons (Fsp3) is 0.471. The first-order chi connectivity index (χ1) is 10.7. The molecule has 1 amide bonds. The number of thiazole rings is 1. The number of amides is 1. The summed E-state index contributed by atoms with van der Waals surface area (Å²) >= 11 is 1.50. The molecule has 0 bridgehead atoms. The molecule has 0 aliphatic carbocycles. The van der Waals surface area contributed by atoms with Crippen LogP contribution in [0, 0.1) is 6.92 Å². The van der Waals surface area contributed by atoms with Gasteiger partial charge in [-0.15, -0.1) is 11.3 Å². The van der Waals surface area contributed by atoms with Gasteiger partial charge in [-0.25, -0.2) is 4.98 Å². The zero-order valence-electron chi connectivity index (χ0n) is 13.5. The van der Waals surface area contributed by atoms with Gasteiger partial charge in [0, 0.05) is 25.5 Å². The van der Waals surface area contributed by atoms with Crippen molar-refractivity contribution in [3.8, 4) is 0 Å². The first kappa shape index (κ1) is 16.6. The Hall–Kier alpha value is -1.75. The van der Waals surface area contributed by atoms with E-state index in [0.29, 0.717) is 6.54 Å². The van der Waals surface area contributed by atoms with Gasteiger partial charge in [0.25, 0.3) is 5.91 Å². The summed E-state index contributed by atoms with van der Waals surface area (Å²) in [4.78, 5) is 24.2. The molecule has 4 nitrogen and oxygen atoms in total. The van der Waals surface area contributed by atoms with Crippen molar-refractivity contribution < 1.29 is 4.79 Å². The van der Waals surface area contributed by atoms with Crippen molar-refractivity contribution in [3.05, 3.63) is 45.7 Å². The van der Waals surface area contributed by atoms with E-state index in [9.17, 15) is 4.79 Å². The van der Waals surface area contributed by atoms with Crippen molar-refractivity contribution in [2.75, 3.05) is 6.54 Å². The highest BCUT2D eigenvalue weighted by Crippen LogP contribution is 2.22. The molecule has 0 N–H and O–H groups in total. The molecular formula is C17H23N3OS. The minimum Gasteiger partial charge on any atom is -0.334 e.